The number of nitrogens with one attached hydrogen (secondary N) is 1. The summed E-state index contributed by atoms with van der Waals surface area (Å²) >= 11 is 0. The summed E-state index contributed by atoms with van der Waals surface area (Å²) in [6, 6.07) is 29.1. The van der Waals surface area contributed by atoms with Crippen LogP contribution in [-0.2, 0) is 17.7 Å². The van der Waals surface area contributed by atoms with Gasteiger partial charge in [-0.2, -0.15) is 5.26 Å². The van der Waals surface area contributed by atoms with Gasteiger partial charge in [0.05, 0.1) is 42.8 Å². The van der Waals surface area contributed by atoms with Crippen molar-refractivity contribution in [2.75, 3.05) is 13.7 Å². The van der Waals surface area contributed by atoms with Crippen molar-refractivity contribution in [2.45, 2.75) is 29.8 Å². The largest absolute Gasteiger partial charge is 0.495 e. The van der Waals surface area contributed by atoms with Crippen LogP contribution in [0.15, 0.2) is 97.3 Å². The number of rotatable bonds is 7. The van der Waals surface area contributed by atoms with Crippen LogP contribution in [0.25, 0.3) is 0 Å². The van der Waals surface area contributed by atoms with Crippen molar-refractivity contribution in [3.8, 4) is 17.6 Å². The number of fused-ring (bicyclic) bond motifs is 3. The van der Waals surface area contributed by atoms with Gasteiger partial charge in [0, 0.05) is 24.9 Å². The Kier molecular flexibility index (Phi) is 6.32. The zero-order valence-corrected chi connectivity index (χ0v) is 21.5. The minimum absolute atomic E-state index is 0.342. The Bertz CT molecular complexity index is 1510. The number of nitriles is 1. The molecule has 196 valence electrons. The molecular weight excluding hydrogens is 490 g/mol. The molecule has 1 aromatic heterocycles. The third kappa shape index (κ3) is 3.72. The van der Waals surface area contributed by atoms with Crippen molar-refractivity contribution in [1.29, 1.82) is 5.26 Å². The second-order valence-corrected chi connectivity index (χ2v) is 10.1. The molecule has 5 atom stereocenters. The van der Waals surface area contributed by atoms with E-state index in [4.69, 9.17) is 9.47 Å². The molecule has 1 saturated carbocycles. The first-order chi connectivity index (χ1) is 19.0. The maximum atomic E-state index is 12.8. The Morgan fingerprint density at radius 2 is 1.69 bits per heavy atom. The Morgan fingerprint density at radius 1 is 1.00 bits per heavy atom. The Morgan fingerprint density at radius 3 is 2.36 bits per heavy atom. The first kappa shape index (κ1) is 25.1. The second kappa shape index (κ2) is 9.83. The van der Waals surface area contributed by atoms with Crippen molar-refractivity contribution in [3.05, 3.63) is 125 Å². The van der Waals surface area contributed by atoms with Crippen LogP contribution in [0.1, 0.15) is 33.7 Å². The highest BCUT2D eigenvalue weighted by atomic mass is 16.5. The van der Waals surface area contributed by atoms with E-state index in [1.807, 2.05) is 60.7 Å². The number of aromatic nitrogens is 1. The summed E-state index contributed by atoms with van der Waals surface area (Å²) < 4.78 is 12.4. The van der Waals surface area contributed by atoms with Gasteiger partial charge in [-0.3, -0.25) is 4.98 Å². The fraction of sp³-hybridized carbons (Fsp3) is 0.250. The maximum Gasteiger partial charge on any atom is 0.177 e. The minimum atomic E-state index is -1.87. The molecule has 1 aliphatic carbocycles. The Balaban J connectivity index is 1.54. The first-order valence-electron chi connectivity index (χ1n) is 13.0. The van der Waals surface area contributed by atoms with Crippen LogP contribution in [0.5, 0.6) is 11.5 Å². The van der Waals surface area contributed by atoms with Crippen LogP contribution in [0, 0.1) is 17.2 Å². The number of hydrogen-bond donors (Lipinski definition) is 3. The lowest BCUT2D eigenvalue weighted by molar-refractivity contribution is -0.152. The van der Waals surface area contributed by atoms with Gasteiger partial charge in [0.2, 0.25) is 0 Å². The van der Waals surface area contributed by atoms with Crippen molar-refractivity contribution in [1.82, 2.24) is 10.3 Å². The Labute approximate surface area is 227 Å². The fourth-order valence-electron chi connectivity index (χ4n) is 6.53. The van der Waals surface area contributed by atoms with Crippen molar-refractivity contribution in [3.63, 3.8) is 0 Å². The van der Waals surface area contributed by atoms with Crippen LogP contribution in [0.4, 0.5) is 0 Å². The third-order valence-electron chi connectivity index (χ3n) is 8.17. The van der Waals surface area contributed by atoms with Crippen molar-refractivity contribution < 1.29 is 19.7 Å². The van der Waals surface area contributed by atoms with E-state index in [2.05, 4.69) is 16.4 Å². The minimum Gasteiger partial charge on any atom is -0.495 e. The molecular formula is C32H29N3O4. The van der Waals surface area contributed by atoms with Crippen molar-refractivity contribution >= 4 is 0 Å². The first-order valence-corrected chi connectivity index (χ1v) is 13.0. The van der Waals surface area contributed by atoms with Gasteiger partial charge < -0.3 is 25.0 Å². The van der Waals surface area contributed by atoms with E-state index in [1.54, 1.807) is 30.5 Å². The monoisotopic (exact) mass is 519 g/mol. The zero-order valence-electron chi connectivity index (χ0n) is 21.5. The zero-order chi connectivity index (χ0) is 27.0. The van der Waals surface area contributed by atoms with E-state index >= 15 is 0 Å². The molecule has 6 rings (SSSR count). The van der Waals surface area contributed by atoms with Crippen LogP contribution in [0.2, 0.25) is 0 Å². The van der Waals surface area contributed by atoms with Gasteiger partial charge in [0.25, 0.3) is 0 Å². The molecule has 3 aromatic carbocycles. The van der Waals surface area contributed by atoms with Gasteiger partial charge in [0.1, 0.15) is 11.5 Å². The van der Waals surface area contributed by atoms with Crippen LogP contribution >= 0.6 is 0 Å². The highest BCUT2D eigenvalue weighted by molar-refractivity contribution is 5.59. The van der Waals surface area contributed by atoms with Gasteiger partial charge in [-0.1, -0.05) is 72.8 Å². The molecule has 39 heavy (non-hydrogen) atoms. The lowest BCUT2D eigenvalue weighted by Gasteiger charge is -2.41. The van der Waals surface area contributed by atoms with Gasteiger partial charge in [0.15, 0.2) is 11.2 Å². The summed E-state index contributed by atoms with van der Waals surface area (Å²) in [5, 5.41) is 37.9. The molecule has 3 N–H and O–H groups in total. The quantitative estimate of drug-likeness (QED) is 0.339. The van der Waals surface area contributed by atoms with Crippen LogP contribution < -0.4 is 14.8 Å². The molecule has 4 aromatic rings. The van der Waals surface area contributed by atoms with E-state index in [-0.39, 0.29) is 0 Å². The smallest absolute Gasteiger partial charge is 0.177 e. The van der Waals surface area contributed by atoms with Crippen LogP contribution in [-0.4, -0.2) is 35.0 Å². The molecule has 0 spiro atoms. The molecule has 3 unspecified atom stereocenters. The summed E-state index contributed by atoms with van der Waals surface area (Å²) in [4.78, 5) is 4.26. The molecule has 0 bridgehead atoms. The predicted molar refractivity (Wildman–Crippen MR) is 145 cm³/mol. The van der Waals surface area contributed by atoms with Crippen molar-refractivity contribution in [2.24, 2.45) is 5.92 Å². The lowest BCUT2D eigenvalue weighted by Crippen LogP contribution is -2.52. The second-order valence-electron chi connectivity index (χ2n) is 10.1. The fourth-order valence-corrected chi connectivity index (χ4v) is 6.53. The maximum absolute atomic E-state index is 12.8. The summed E-state index contributed by atoms with van der Waals surface area (Å²) in [7, 11) is 1.51. The molecule has 7 heteroatoms. The standard InChI is InChI=1S/C32H29N3O4/c1-38-26-19-35-20-27-29(26)31(37)30(36)25(18-34-17-22-8-4-2-5-9-22)28(23-10-6-3-7-11-23)32(31,39-27)24-14-12-21(16-33)13-15-24/h2-15,19-20,25,28,30,34,36-37H,17-18H2,1H3/t25?,28?,30-,31?,32-/m1/s1. The highest BCUT2D eigenvalue weighted by Gasteiger charge is 2.76. The average molecular weight is 520 g/mol. The number of pyridine rings is 1. The van der Waals surface area contributed by atoms with Gasteiger partial charge in [-0.15, -0.1) is 0 Å². The Hall–Kier alpha value is -4.22. The van der Waals surface area contributed by atoms with E-state index in [0.29, 0.717) is 41.3 Å². The topological polar surface area (TPSA) is 108 Å². The number of hydrogen-bond acceptors (Lipinski definition) is 7. The number of ether oxygens (including phenoxy) is 2. The predicted octanol–water partition coefficient (Wildman–Crippen LogP) is 4.00. The van der Waals surface area contributed by atoms with Crippen LogP contribution in [0.3, 0.4) is 0 Å². The SMILES string of the molecule is COc1cncc2c1C1(O)[C@H](O)C(CNCc3ccccc3)C(c3ccccc3)[C@@]1(c1ccc(C#N)cc1)O2. The third-order valence-corrected chi connectivity index (χ3v) is 8.17. The molecule has 0 radical (unpaired) electrons. The molecule has 7 nitrogen and oxygen atoms in total. The van der Waals surface area contributed by atoms with Gasteiger partial charge in [-0.05, 0) is 28.8 Å². The van der Waals surface area contributed by atoms with E-state index < -0.39 is 29.1 Å². The summed E-state index contributed by atoms with van der Waals surface area (Å²) in [6.07, 6.45) is 1.86. The highest BCUT2D eigenvalue weighted by Crippen LogP contribution is 2.69. The number of nitrogens with zero attached hydrogens (tertiary/aromatic N) is 2. The van der Waals surface area contributed by atoms with Gasteiger partial charge >= 0.3 is 0 Å². The average Bonchev–Trinajstić information content (AvgIpc) is 3.36. The number of methoxy groups -OCH3 is 1. The lowest BCUT2D eigenvalue weighted by atomic mass is 9.70. The number of aliphatic hydroxyl groups is 2. The molecule has 2 aliphatic rings. The number of benzene rings is 3. The van der Waals surface area contributed by atoms with E-state index in [1.165, 1.54) is 13.3 Å². The molecule has 1 fully saturated rings. The van der Waals surface area contributed by atoms with E-state index in [9.17, 15) is 15.5 Å². The summed E-state index contributed by atoms with van der Waals surface area (Å²) in [6.45, 7) is 1.03. The number of aliphatic hydroxyl groups excluding tert-OH is 1. The molecule has 1 aliphatic heterocycles. The normalized spacial score (nSPS) is 26.8. The van der Waals surface area contributed by atoms with E-state index in [0.717, 1.165) is 11.1 Å². The molecule has 2 heterocycles. The molecule has 0 amide bonds. The summed E-state index contributed by atoms with van der Waals surface area (Å²) in [5.74, 6) is -0.207. The molecule has 0 saturated heterocycles. The van der Waals surface area contributed by atoms with Gasteiger partial charge in [-0.25, -0.2) is 0 Å². The summed E-state index contributed by atoms with van der Waals surface area (Å²) in [5.41, 5.74) is 0.275.